The van der Waals surface area contributed by atoms with E-state index in [1.54, 1.807) is 36.6 Å². The van der Waals surface area contributed by atoms with Crippen molar-refractivity contribution in [2.75, 3.05) is 6.26 Å². The number of rotatable bonds is 3. The van der Waals surface area contributed by atoms with E-state index in [0.717, 1.165) is 5.56 Å². The van der Waals surface area contributed by atoms with E-state index in [0.29, 0.717) is 28.9 Å². The fourth-order valence-electron chi connectivity index (χ4n) is 2.80. The highest BCUT2D eigenvalue weighted by molar-refractivity contribution is 7.84. The number of benzene rings is 2. The Labute approximate surface area is 131 Å². The van der Waals surface area contributed by atoms with Crippen LogP contribution in [0.3, 0.4) is 0 Å². The molecule has 0 aromatic heterocycles. The fraction of sp³-hybridized carbons (Fsp3) is 0.235. The van der Waals surface area contributed by atoms with Crippen LogP contribution in [0.1, 0.15) is 33.9 Å². The Bertz CT molecular complexity index is 743. The first-order valence-electron chi connectivity index (χ1n) is 7.08. The van der Waals surface area contributed by atoms with Crippen LogP contribution in [0.5, 0.6) is 0 Å². The third-order valence-electron chi connectivity index (χ3n) is 3.97. The second-order valence-corrected chi connectivity index (χ2v) is 6.73. The minimum Gasteiger partial charge on any atom is -0.345 e. The SMILES string of the molecule is CS(=O)c1ccc(C(=O)NC2CCc3c(F)cccc32)cc1. The van der Waals surface area contributed by atoms with Crippen LogP contribution in [-0.4, -0.2) is 16.4 Å². The first-order chi connectivity index (χ1) is 10.6. The van der Waals surface area contributed by atoms with Gasteiger partial charge in [-0.25, -0.2) is 4.39 Å². The molecule has 0 radical (unpaired) electrons. The first-order valence-corrected chi connectivity index (χ1v) is 8.63. The van der Waals surface area contributed by atoms with Gasteiger partial charge in [-0.3, -0.25) is 9.00 Å². The van der Waals surface area contributed by atoms with E-state index < -0.39 is 10.8 Å². The summed E-state index contributed by atoms with van der Waals surface area (Å²) in [5.74, 6) is -0.403. The molecule has 0 heterocycles. The maximum atomic E-state index is 13.7. The molecule has 2 aromatic rings. The molecular formula is C17H16FNO2S. The molecule has 22 heavy (non-hydrogen) atoms. The number of amides is 1. The highest BCUT2D eigenvalue weighted by atomic mass is 32.2. The lowest BCUT2D eigenvalue weighted by Crippen LogP contribution is -2.27. The second kappa shape index (κ2) is 6.01. The first kappa shape index (κ1) is 14.9. The summed E-state index contributed by atoms with van der Waals surface area (Å²) in [6, 6.07) is 11.5. The Morgan fingerprint density at radius 1 is 1.23 bits per heavy atom. The molecule has 3 rings (SSSR count). The summed E-state index contributed by atoms with van der Waals surface area (Å²) in [7, 11) is -1.06. The smallest absolute Gasteiger partial charge is 0.251 e. The number of halogens is 1. The Morgan fingerprint density at radius 2 is 1.95 bits per heavy atom. The predicted octanol–water partition coefficient (Wildman–Crippen LogP) is 2.98. The number of nitrogens with one attached hydrogen (secondary N) is 1. The van der Waals surface area contributed by atoms with Crippen molar-refractivity contribution < 1.29 is 13.4 Å². The molecule has 1 aliphatic rings. The third-order valence-corrected chi connectivity index (χ3v) is 4.90. The highest BCUT2D eigenvalue weighted by Crippen LogP contribution is 2.32. The van der Waals surface area contributed by atoms with Crippen molar-refractivity contribution in [1.29, 1.82) is 0 Å². The molecule has 0 spiro atoms. The zero-order valence-electron chi connectivity index (χ0n) is 12.1. The molecule has 0 saturated carbocycles. The van der Waals surface area contributed by atoms with Gasteiger partial charge in [0.15, 0.2) is 0 Å². The van der Waals surface area contributed by atoms with E-state index in [1.165, 1.54) is 6.07 Å². The van der Waals surface area contributed by atoms with Gasteiger partial charge in [0.2, 0.25) is 0 Å². The van der Waals surface area contributed by atoms with Crippen molar-refractivity contribution >= 4 is 16.7 Å². The second-order valence-electron chi connectivity index (χ2n) is 5.35. The highest BCUT2D eigenvalue weighted by Gasteiger charge is 2.26. The van der Waals surface area contributed by atoms with Gasteiger partial charge >= 0.3 is 0 Å². The van der Waals surface area contributed by atoms with E-state index in [9.17, 15) is 13.4 Å². The Balaban J connectivity index is 1.76. The van der Waals surface area contributed by atoms with Crippen LogP contribution in [0.4, 0.5) is 4.39 Å². The molecule has 0 saturated heterocycles. The zero-order chi connectivity index (χ0) is 15.7. The van der Waals surface area contributed by atoms with Gasteiger partial charge in [-0.15, -0.1) is 0 Å². The lowest BCUT2D eigenvalue weighted by Gasteiger charge is -2.14. The Hall–Kier alpha value is -2.01. The quantitative estimate of drug-likeness (QED) is 0.946. The average molecular weight is 317 g/mol. The van der Waals surface area contributed by atoms with Crippen molar-refractivity contribution in [3.8, 4) is 0 Å². The monoisotopic (exact) mass is 317 g/mol. The van der Waals surface area contributed by atoms with Gasteiger partial charge in [-0.05, 0) is 54.3 Å². The van der Waals surface area contributed by atoms with Crippen LogP contribution in [0.25, 0.3) is 0 Å². The molecule has 5 heteroatoms. The summed E-state index contributed by atoms with van der Waals surface area (Å²) in [6.45, 7) is 0. The number of hydrogen-bond acceptors (Lipinski definition) is 2. The Kier molecular flexibility index (Phi) is 4.07. The molecule has 2 unspecified atom stereocenters. The Morgan fingerprint density at radius 3 is 2.64 bits per heavy atom. The molecule has 1 aliphatic carbocycles. The van der Waals surface area contributed by atoms with Gasteiger partial charge in [0.25, 0.3) is 5.91 Å². The van der Waals surface area contributed by atoms with Crippen LogP contribution in [-0.2, 0) is 17.2 Å². The third kappa shape index (κ3) is 2.81. The average Bonchev–Trinajstić information content (AvgIpc) is 2.92. The molecule has 1 amide bonds. The standard InChI is InChI=1S/C17H16FNO2S/c1-22(21)12-7-5-11(6-8-12)17(20)19-16-10-9-13-14(16)3-2-4-15(13)18/h2-8,16H,9-10H2,1H3,(H,19,20). The van der Waals surface area contributed by atoms with E-state index in [2.05, 4.69) is 5.32 Å². The van der Waals surface area contributed by atoms with E-state index in [-0.39, 0.29) is 17.8 Å². The molecule has 114 valence electrons. The largest absolute Gasteiger partial charge is 0.345 e. The van der Waals surface area contributed by atoms with Gasteiger partial charge < -0.3 is 5.32 Å². The van der Waals surface area contributed by atoms with Crippen LogP contribution < -0.4 is 5.32 Å². The van der Waals surface area contributed by atoms with Crippen LogP contribution in [0, 0.1) is 5.82 Å². The topological polar surface area (TPSA) is 46.2 Å². The number of carbonyl (C=O) groups excluding carboxylic acids is 1. The molecule has 0 bridgehead atoms. The van der Waals surface area contributed by atoms with E-state index in [1.807, 2.05) is 6.07 Å². The maximum absolute atomic E-state index is 13.7. The van der Waals surface area contributed by atoms with Crippen LogP contribution >= 0.6 is 0 Å². The molecule has 3 nitrogen and oxygen atoms in total. The van der Waals surface area contributed by atoms with Crippen molar-refractivity contribution in [2.24, 2.45) is 0 Å². The molecule has 1 N–H and O–H groups in total. The summed E-state index contributed by atoms with van der Waals surface area (Å²) in [6.07, 6.45) is 2.94. The minimum absolute atomic E-state index is 0.154. The van der Waals surface area contributed by atoms with Crippen LogP contribution in [0.15, 0.2) is 47.4 Å². The molecule has 0 aliphatic heterocycles. The summed E-state index contributed by atoms with van der Waals surface area (Å²) < 4.78 is 25.1. The summed E-state index contributed by atoms with van der Waals surface area (Å²) in [5, 5.41) is 2.95. The predicted molar refractivity (Wildman–Crippen MR) is 83.7 cm³/mol. The van der Waals surface area contributed by atoms with Crippen molar-refractivity contribution in [3.05, 3.63) is 65.0 Å². The fourth-order valence-corrected chi connectivity index (χ4v) is 3.32. The van der Waals surface area contributed by atoms with Crippen molar-refractivity contribution in [3.63, 3.8) is 0 Å². The minimum atomic E-state index is -1.06. The number of fused-ring (bicyclic) bond motifs is 1. The van der Waals surface area contributed by atoms with E-state index >= 15 is 0 Å². The van der Waals surface area contributed by atoms with Gasteiger partial charge in [-0.1, -0.05) is 12.1 Å². The molecular weight excluding hydrogens is 301 g/mol. The summed E-state index contributed by atoms with van der Waals surface area (Å²) >= 11 is 0. The molecule has 2 aromatic carbocycles. The number of hydrogen-bond donors (Lipinski definition) is 1. The van der Waals surface area contributed by atoms with Gasteiger partial charge in [0, 0.05) is 27.5 Å². The number of carbonyl (C=O) groups is 1. The summed E-state index contributed by atoms with van der Waals surface area (Å²) in [4.78, 5) is 13.0. The molecule has 2 atom stereocenters. The van der Waals surface area contributed by atoms with Crippen molar-refractivity contribution in [2.45, 2.75) is 23.8 Å². The zero-order valence-corrected chi connectivity index (χ0v) is 13.0. The van der Waals surface area contributed by atoms with Gasteiger partial charge in [0.05, 0.1) is 6.04 Å². The normalized spacial score (nSPS) is 17.8. The van der Waals surface area contributed by atoms with Crippen LogP contribution in [0.2, 0.25) is 0 Å². The molecule has 0 fully saturated rings. The van der Waals surface area contributed by atoms with Gasteiger partial charge in [-0.2, -0.15) is 0 Å². The maximum Gasteiger partial charge on any atom is 0.251 e. The lowest BCUT2D eigenvalue weighted by molar-refractivity contribution is 0.0936. The lowest BCUT2D eigenvalue weighted by atomic mass is 10.1. The summed E-state index contributed by atoms with van der Waals surface area (Å²) in [5.41, 5.74) is 2.07. The van der Waals surface area contributed by atoms with Crippen molar-refractivity contribution in [1.82, 2.24) is 5.32 Å². The van der Waals surface area contributed by atoms with E-state index in [4.69, 9.17) is 0 Å². The van der Waals surface area contributed by atoms with Gasteiger partial charge in [0.1, 0.15) is 5.82 Å².